The van der Waals surface area contributed by atoms with Crippen molar-refractivity contribution in [3.63, 3.8) is 0 Å². The predicted octanol–water partition coefficient (Wildman–Crippen LogP) is 3.37. The Labute approximate surface area is 176 Å². The fourth-order valence-electron chi connectivity index (χ4n) is 3.65. The molecule has 1 saturated carbocycles. The third-order valence-electron chi connectivity index (χ3n) is 5.24. The molecule has 10 heteroatoms. The van der Waals surface area contributed by atoms with Crippen molar-refractivity contribution in [2.24, 2.45) is 16.8 Å². The molecule has 2 aromatic carbocycles. The number of fused-ring (bicyclic) bond motifs is 1. The third-order valence-corrected chi connectivity index (χ3v) is 5.24. The molecule has 1 aliphatic rings. The summed E-state index contributed by atoms with van der Waals surface area (Å²) in [7, 11) is 0. The highest BCUT2D eigenvalue weighted by Crippen LogP contribution is 2.34. The van der Waals surface area contributed by atoms with E-state index in [1.807, 2.05) is 0 Å². The van der Waals surface area contributed by atoms with Crippen LogP contribution in [0.15, 0.2) is 46.1 Å². The summed E-state index contributed by atoms with van der Waals surface area (Å²) >= 11 is 0. The summed E-state index contributed by atoms with van der Waals surface area (Å²) in [4.78, 5) is 12.9. The lowest BCUT2D eigenvalue weighted by atomic mass is 10.1. The Kier molecular flexibility index (Phi) is 5.72. The Morgan fingerprint density at radius 3 is 2.68 bits per heavy atom. The van der Waals surface area contributed by atoms with Gasteiger partial charge >= 0.3 is 0 Å². The van der Waals surface area contributed by atoms with Gasteiger partial charge in [-0.05, 0) is 49.9 Å². The Balaban J connectivity index is 1.62. The molecule has 3 aromatic rings. The Bertz CT molecular complexity index is 1160. The molecule has 4 rings (SSSR count). The summed E-state index contributed by atoms with van der Waals surface area (Å²) in [5.74, 6) is 7.85. The first-order valence-electron chi connectivity index (χ1n) is 9.74. The zero-order valence-electron chi connectivity index (χ0n) is 16.5. The molecule has 0 atom stereocenters. The average Bonchev–Trinajstić information content (AvgIpc) is 3.43. The summed E-state index contributed by atoms with van der Waals surface area (Å²) < 4.78 is 39.4. The first kappa shape index (κ1) is 20.6. The van der Waals surface area contributed by atoms with Crippen molar-refractivity contribution in [1.82, 2.24) is 5.43 Å². The van der Waals surface area contributed by atoms with E-state index in [1.165, 1.54) is 12.3 Å². The maximum atomic E-state index is 14.4. The number of hydrogen-bond donors (Lipinski definition) is 4. The molecule has 0 saturated heterocycles. The third kappa shape index (κ3) is 4.02. The first-order valence-corrected chi connectivity index (χ1v) is 9.74. The lowest BCUT2D eigenvalue weighted by Crippen LogP contribution is -2.31. The van der Waals surface area contributed by atoms with Crippen molar-refractivity contribution in [2.75, 3.05) is 5.32 Å². The molecule has 8 nitrogen and oxygen atoms in total. The van der Waals surface area contributed by atoms with Crippen molar-refractivity contribution in [3.8, 4) is 5.75 Å². The number of nitrogens with one attached hydrogen (secondary N) is 2. The minimum Gasteiger partial charge on any atom is -0.485 e. The summed E-state index contributed by atoms with van der Waals surface area (Å²) in [6, 6.07) is 7.14. The van der Waals surface area contributed by atoms with Gasteiger partial charge in [-0.15, -0.1) is 0 Å². The number of furan rings is 1. The van der Waals surface area contributed by atoms with Crippen LogP contribution in [0.1, 0.15) is 41.6 Å². The van der Waals surface area contributed by atoms with E-state index in [2.05, 4.69) is 15.8 Å². The molecular weight excluding hydrogens is 408 g/mol. The molecule has 6 N–H and O–H groups in total. The highest BCUT2D eigenvalue weighted by Gasteiger charge is 2.24. The van der Waals surface area contributed by atoms with E-state index < -0.39 is 17.5 Å². The standard InChI is InChI=1S/C21H21F2N5O3/c22-15-7-8-16(19(18(15)23)31-12-3-1-2-4-12)26-21(29)14-10-30-17-9-11(5-6-13(14)17)20(27-24)28-25/h5-10,12H,1-4,24-25H2,(H,26,29)(H,27,28). The van der Waals surface area contributed by atoms with Gasteiger partial charge in [0, 0.05) is 10.9 Å². The number of anilines is 1. The van der Waals surface area contributed by atoms with Gasteiger partial charge in [-0.2, -0.15) is 9.49 Å². The molecule has 31 heavy (non-hydrogen) atoms. The van der Waals surface area contributed by atoms with Gasteiger partial charge < -0.3 is 25.7 Å². The number of carbonyl (C=O) groups is 1. The van der Waals surface area contributed by atoms with Crippen LogP contribution in [0.3, 0.4) is 0 Å². The van der Waals surface area contributed by atoms with E-state index in [4.69, 9.17) is 20.8 Å². The molecule has 1 heterocycles. The van der Waals surface area contributed by atoms with Crippen LogP contribution < -0.4 is 27.2 Å². The van der Waals surface area contributed by atoms with Gasteiger partial charge in [0.05, 0.1) is 17.4 Å². The Hall–Kier alpha value is -3.66. The number of benzene rings is 2. The van der Waals surface area contributed by atoms with Crippen molar-refractivity contribution in [1.29, 1.82) is 0 Å². The van der Waals surface area contributed by atoms with Gasteiger partial charge in [-0.25, -0.2) is 10.2 Å². The van der Waals surface area contributed by atoms with Gasteiger partial charge in [0.2, 0.25) is 5.82 Å². The molecule has 1 amide bonds. The van der Waals surface area contributed by atoms with Crippen molar-refractivity contribution in [3.05, 3.63) is 59.4 Å². The van der Waals surface area contributed by atoms with Gasteiger partial charge in [0.1, 0.15) is 11.8 Å². The van der Waals surface area contributed by atoms with Gasteiger partial charge in [-0.1, -0.05) is 6.07 Å². The highest BCUT2D eigenvalue weighted by atomic mass is 19.2. The smallest absolute Gasteiger partial charge is 0.259 e. The molecular formula is C21H21F2N5O3. The van der Waals surface area contributed by atoms with E-state index >= 15 is 0 Å². The number of amidine groups is 1. The van der Waals surface area contributed by atoms with Crippen LogP contribution in [-0.2, 0) is 0 Å². The number of carbonyl (C=O) groups excluding carboxylic acids is 1. The summed E-state index contributed by atoms with van der Waals surface area (Å²) in [5.41, 5.74) is 3.58. The first-order chi connectivity index (χ1) is 15.0. The highest BCUT2D eigenvalue weighted by molar-refractivity contribution is 6.13. The van der Waals surface area contributed by atoms with E-state index in [-0.39, 0.29) is 28.9 Å². The number of nitrogens with zero attached hydrogens (tertiary/aromatic N) is 1. The number of hydrazine groups is 1. The van der Waals surface area contributed by atoms with Crippen LogP contribution in [0, 0.1) is 11.6 Å². The van der Waals surface area contributed by atoms with Crippen LogP contribution in [0.25, 0.3) is 11.0 Å². The van der Waals surface area contributed by atoms with Crippen LogP contribution in [0.5, 0.6) is 5.75 Å². The van der Waals surface area contributed by atoms with Crippen molar-refractivity contribution >= 4 is 28.4 Å². The van der Waals surface area contributed by atoms with Crippen molar-refractivity contribution < 1.29 is 22.7 Å². The number of hydrogen-bond acceptors (Lipinski definition) is 6. The van der Waals surface area contributed by atoms with Gasteiger partial charge in [0.25, 0.3) is 5.91 Å². The number of hydrazone groups is 1. The minimum absolute atomic E-state index is 0.0478. The topological polar surface area (TPSA) is 128 Å². The van der Waals surface area contributed by atoms with E-state index in [0.717, 1.165) is 31.7 Å². The maximum Gasteiger partial charge on any atom is 0.259 e. The van der Waals surface area contributed by atoms with Gasteiger partial charge in [0.15, 0.2) is 17.4 Å². The fraction of sp³-hybridized carbons (Fsp3) is 0.238. The fourth-order valence-corrected chi connectivity index (χ4v) is 3.65. The number of nitrogens with two attached hydrogens (primary N) is 2. The van der Waals surface area contributed by atoms with Crippen molar-refractivity contribution in [2.45, 2.75) is 31.8 Å². The average molecular weight is 429 g/mol. The molecule has 0 unspecified atom stereocenters. The number of amides is 1. The SMILES string of the molecule is N/N=C(\NN)c1ccc2c(C(=O)Nc3ccc(F)c(F)c3OC3CCCC3)coc2c1. The second kappa shape index (κ2) is 8.60. The van der Waals surface area contributed by atoms with Crippen LogP contribution in [0.4, 0.5) is 14.5 Å². The molecule has 1 fully saturated rings. The van der Waals surface area contributed by atoms with Crippen LogP contribution in [-0.4, -0.2) is 17.8 Å². The Morgan fingerprint density at radius 2 is 1.97 bits per heavy atom. The van der Waals surface area contributed by atoms with E-state index in [1.54, 1.807) is 18.2 Å². The largest absolute Gasteiger partial charge is 0.485 e. The number of halogens is 2. The lowest BCUT2D eigenvalue weighted by molar-refractivity contribution is 0.102. The maximum absolute atomic E-state index is 14.4. The predicted molar refractivity (Wildman–Crippen MR) is 111 cm³/mol. The number of rotatable bonds is 5. The molecule has 0 aliphatic heterocycles. The summed E-state index contributed by atoms with van der Waals surface area (Å²) in [6.07, 6.45) is 4.49. The van der Waals surface area contributed by atoms with E-state index in [9.17, 15) is 13.6 Å². The lowest BCUT2D eigenvalue weighted by Gasteiger charge is -2.17. The minimum atomic E-state index is -1.13. The molecule has 0 radical (unpaired) electrons. The normalized spacial score (nSPS) is 14.7. The zero-order chi connectivity index (χ0) is 22.0. The molecule has 162 valence electrons. The zero-order valence-corrected chi connectivity index (χ0v) is 16.5. The molecule has 0 spiro atoms. The summed E-state index contributed by atoms with van der Waals surface area (Å²) in [5, 5.41) is 6.64. The van der Waals surface area contributed by atoms with Crippen LogP contribution >= 0.6 is 0 Å². The van der Waals surface area contributed by atoms with Gasteiger partial charge in [-0.3, -0.25) is 4.79 Å². The van der Waals surface area contributed by atoms with E-state index in [0.29, 0.717) is 16.5 Å². The number of ether oxygens (including phenoxy) is 1. The quantitative estimate of drug-likeness (QED) is 0.213. The Morgan fingerprint density at radius 1 is 1.19 bits per heavy atom. The second-order valence-electron chi connectivity index (χ2n) is 7.20. The summed E-state index contributed by atoms with van der Waals surface area (Å²) in [6.45, 7) is 0. The monoisotopic (exact) mass is 429 g/mol. The molecule has 1 aromatic heterocycles. The van der Waals surface area contributed by atoms with Crippen LogP contribution in [0.2, 0.25) is 0 Å². The molecule has 0 bridgehead atoms. The molecule has 1 aliphatic carbocycles. The second-order valence-corrected chi connectivity index (χ2v) is 7.20.